The summed E-state index contributed by atoms with van der Waals surface area (Å²) in [6, 6.07) is 12.1. The van der Waals surface area contributed by atoms with E-state index in [0.717, 1.165) is 4.90 Å². The molecule has 2 aromatic carbocycles. The molecule has 0 N–H and O–H groups in total. The lowest BCUT2D eigenvalue weighted by molar-refractivity contribution is -0.125. The van der Waals surface area contributed by atoms with Crippen LogP contribution in [0, 0.1) is 5.82 Å². The summed E-state index contributed by atoms with van der Waals surface area (Å²) in [6.07, 6.45) is 0. The maximum atomic E-state index is 14.1. The van der Waals surface area contributed by atoms with Crippen molar-refractivity contribution in [3.05, 3.63) is 64.4 Å². The zero-order valence-corrected chi connectivity index (χ0v) is 18.7. The predicted molar refractivity (Wildman–Crippen MR) is 118 cm³/mol. The summed E-state index contributed by atoms with van der Waals surface area (Å²) in [6.45, 7) is 2.82. The molecule has 0 aromatic heterocycles. The second-order valence-corrected chi connectivity index (χ2v) is 8.77. The van der Waals surface area contributed by atoms with Gasteiger partial charge in [0.25, 0.3) is 5.91 Å². The number of piperazine rings is 1. The van der Waals surface area contributed by atoms with Gasteiger partial charge in [-0.3, -0.25) is 14.5 Å². The number of thioether (sulfide) groups is 1. The third-order valence-corrected chi connectivity index (χ3v) is 6.48. The summed E-state index contributed by atoms with van der Waals surface area (Å²) in [5.41, 5.74) is 1.10. The highest BCUT2D eigenvalue weighted by atomic mass is 35.5. The smallest absolute Gasteiger partial charge is 0.255 e. The molecule has 3 rings (SSSR count). The number of hydrogen-bond acceptors (Lipinski definition) is 4. The number of amides is 2. The number of benzene rings is 2. The van der Waals surface area contributed by atoms with E-state index in [9.17, 15) is 14.0 Å². The molecule has 0 bridgehead atoms. The van der Waals surface area contributed by atoms with Gasteiger partial charge in [0, 0.05) is 62.3 Å². The van der Waals surface area contributed by atoms with Crippen LogP contribution in [0.4, 0.5) is 4.39 Å². The van der Waals surface area contributed by atoms with E-state index >= 15 is 0 Å². The van der Waals surface area contributed by atoms with E-state index in [1.54, 1.807) is 37.2 Å². The molecule has 5 nitrogen and oxygen atoms in total. The molecule has 2 aromatic rings. The maximum Gasteiger partial charge on any atom is 0.255 e. The second-order valence-electron chi connectivity index (χ2n) is 7.34. The number of carbonyl (C=O) groups excluding carboxylic acids is 2. The van der Waals surface area contributed by atoms with E-state index in [1.807, 2.05) is 23.1 Å². The Kier molecular flexibility index (Phi) is 7.75. The van der Waals surface area contributed by atoms with Crippen LogP contribution in [0.2, 0.25) is 5.02 Å². The highest BCUT2D eigenvalue weighted by Crippen LogP contribution is 2.25. The van der Waals surface area contributed by atoms with Gasteiger partial charge in [0.05, 0.1) is 11.3 Å². The minimum Gasteiger partial charge on any atom is -0.348 e. The highest BCUT2D eigenvalue weighted by molar-refractivity contribution is 8.00. The Morgan fingerprint density at radius 1 is 1.07 bits per heavy atom. The Morgan fingerprint density at radius 3 is 2.43 bits per heavy atom. The molecule has 1 heterocycles. The first-order chi connectivity index (χ1) is 14.4. The van der Waals surface area contributed by atoms with Crippen LogP contribution in [0.1, 0.15) is 15.9 Å². The first kappa shape index (κ1) is 22.6. The fraction of sp³-hybridized carbons (Fsp3) is 0.364. The van der Waals surface area contributed by atoms with Gasteiger partial charge in [-0.15, -0.1) is 11.8 Å². The molecule has 1 saturated heterocycles. The molecular weight excluding hydrogens is 425 g/mol. The first-order valence-corrected chi connectivity index (χ1v) is 11.1. The molecule has 160 valence electrons. The van der Waals surface area contributed by atoms with Crippen LogP contribution >= 0.6 is 23.4 Å². The average Bonchev–Trinajstić information content (AvgIpc) is 2.75. The SMILES string of the molecule is CN(C)C(=O)CSc1ccccc1C(=O)N1CCN(Cc2c(F)cccc2Cl)CC1. The van der Waals surface area contributed by atoms with Crippen molar-refractivity contribution in [2.45, 2.75) is 11.4 Å². The molecule has 1 aliphatic heterocycles. The Labute approximate surface area is 185 Å². The number of hydrogen-bond donors (Lipinski definition) is 0. The molecule has 0 radical (unpaired) electrons. The minimum atomic E-state index is -0.306. The van der Waals surface area contributed by atoms with Crippen LogP contribution in [0.15, 0.2) is 47.4 Å². The number of halogens is 2. The number of nitrogens with zero attached hydrogens (tertiary/aromatic N) is 3. The average molecular weight is 450 g/mol. The molecule has 8 heteroatoms. The van der Waals surface area contributed by atoms with Crippen molar-refractivity contribution in [2.24, 2.45) is 0 Å². The highest BCUT2D eigenvalue weighted by Gasteiger charge is 2.25. The third kappa shape index (κ3) is 5.53. The predicted octanol–water partition coefficient (Wildman–Crippen LogP) is 3.62. The lowest BCUT2D eigenvalue weighted by Gasteiger charge is -2.35. The lowest BCUT2D eigenvalue weighted by Crippen LogP contribution is -2.48. The summed E-state index contributed by atoms with van der Waals surface area (Å²) in [5, 5.41) is 0.423. The van der Waals surface area contributed by atoms with Gasteiger partial charge in [-0.1, -0.05) is 29.8 Å². The van der Waals surface area contributed by atoms with Crippen molar-refractivity contribution in [2.75, 3.05) is 46.0 Å². The molecule has 0 unspecified atom stereocenters. The summed E-state index contributed by atoms with van der Waals surface area (Å²) < 4.78 is 14.1. The summed E-state index contributed by atoms with van der Waals surface area (Å²) in [5.74, 6) is -0.0602. The van der Waals surface area contributed by atoms with Gasteiger partial charge >= 0.3 is 0 Å². The van der Waals surface area contributed by atoms with Crippen molar-refractivity contribution in [3.8, 4) is 0 Å². The second kappa shape index (κ2) is 10.3. The van der Waals surface area contributed by atoms with Crippen LogP contribution in [0.3, 0.4) is 0 Å². The van der Waals surface area contributed by atoms with Gasteiger partial charge < -0.3 is 9.80 Å². The molecule has 0 saturated carbocycles. The van der Waals surface area contributed by atoms with Gasteiger partial charge in [-0.2, -0.15) is 0 Å². The van der Waals surface area contributed by atoms with Crippen molar-refractivity contribution < 1.29 is 14.0 Å². The van der Waals surface area contributed by atoms with E-state index in [4.69, 9.17) is 11.6 Å². The molecular formula is C22H25ClFN3O2S. The fourth-order valence-electron chi connectivity index (χ4n) is 3.22. The zero-order chi connectivity index (χ0) is 21.7. The molecule has 0 atom stereocenters. The monoisotopic (exact) mass is 449 g/mol. The minimum absolute atomic E-state index is 0.00247. The topological polar surface area (TPSA) is 43.9 Å². The lowest BCUT2D eigenvalue weighted by atomic mass is 10.1. The molecule has 1 aliphatic rings. The van der Waals surface area contributed by atoms with Crippen LogP contribution in [-0.2, 0) is 11.3 Å². The Morgan fingerprint density at radius 2 is 1.77 bits per heavy atom. The Balaban J connectivity index is 1.61. The molecule has 30 heavy (non-hydrogen) atoms. The Hall–Kier alpha value is -2.09. The van der Waals surface area contributed by atoms with E-state index in [-0.39, 0.29) is 23.4 Å². The fourth-order valence-corrected chi connectivity index (χ4v) is 4.47. The van der Waals surface area contributed by atoms with Gasteiger partial charge in [0.1, 0.15) is 5.82 Å². The van der Waals surface area contributed by atoms with Crippen LogP contribution in [0.5, 0.6) is 0 Å². The normalized spacial score (nSPS) is 14.6. The third-order valence-electron chi connectivity index (χ3n) is 5.07. The zero-order valence-electron chi connectivity index (χ0n) is 17.1. The van der Waals surface area contributed by atoms with E-state index in [2.05, 4.69) is 4.90 Å². The van der Waals surface area contributed by atoms with Gasteiger partial charge in [-0.05, 0) is 24.3 Å². The van der Waals surface area contributed by atoms with E-state index < -0.39 is 0 Å². The van der Waals surface area contributed by atoms with Gasteiger partial charge in [0.2, 0.25) is 5.91 Å². The molecule has 1 fully saturated rings. The van der Waals surface area contributed by atoms with Crippen molar-refractivity contribution >= 4 is 35.2 Å². The maximum absolute atomic E-state index is 14.1. The van der Waals surface area contributed by atoms with Gasteiger partial charge in [-0.25, -0.2) is 4.39 Å². The first-order valence-electron chi connectivity index (χ1n) is 9.73. The molecule has 2 amide bonds. The Bertz CT molecular complexity index is 897. The summed E-state index contributed by atoms with van der Waals surface area (Å²) in [4.78, 5) is 31.2. The number of carbonyl (C=O) groups is 2. The van der Waals surface area contributed by atoms with Crippen molar-refractivity contribution in [3.63, 3.8) is 0 Å². The molecule has 0 aliphatic carbocycles. The standard InChI is InChI=1S/C22H25ClFN3O2S/c1-25(2)21(28)15-30-20-9-4-3-6-16(20)22(29)27-12-10-26(11-13-27)14-17-18(23)7-5-8-19(17)24/h3-9H,10-15H2,1-2H3. The summed E-state index contributed by atoms with van der Waals surface area (Å²) >= 11 is 7.51. The van der Waals surface area contributed by atoms with Gasteiger partial charge in [0.15, 0.2) is 0 Å². The van der Waals surface area contributed by atoms with E-state index in [0.29, 0.717) is 48.9 Å². The van der Waals surface area contributed by atoms with Crippen LogP contribution < -0.4 is 0 Å². The van der Waals surface area contributed by atoms with Crippen LogP contribution in [0.25, 0.3) is 0 Å². The van der Waals surface area contributed by atoms with Crippen molar-refractivity contribution in [1.82, 2.24) is 14.7 Å². The number of rotatable bonds is 6. The van der Waals surface area contributed by atoms with Crippen molar-refractivity contribution in [1.29, 1.82) is 0 Å². The molecule has 0 spiro atoms. The van der Waals surface area contributed by atoms with E-state index in [1.165, 1.54) is 17.8 Å². The quantitative estimate of drug-likeness (QED) is 0.632. The summed E-state index contributed by atoms with van der Waals surface area (Å²) in [7, 11) is 3.43. The van der Waals surface area contributed by atoms with Crippen LogP contribution in [-0.4, -0.2) is 72.5 Å². The largest absolute Gasteiger partial charge is 0.348 e.